The van der Waals surface area contributed by atoms with Gasteiger partial charge in [-0.15, -0.1) is 13.2 Å². The quantitative estimate of drug-likeness (QED) is 0.381. The minimum absolute atomic E-state index is 0.109. The van der Waals surface area contributed by atoms with E-state index in [1.807, 2.05) is 0 Å². The smallest absolute Gasteiger partial charge is 0.405 e. The van der Waals surface area contributed by atoms with E-state index in [4.69, 9.17) is 5.73 Å². The van der Waals surface area contributed by atoms with Crippen molar-refractivity contribution in [3.63, 3.8) is 0 Å². The second-order valence-electron chi connectivity index (χ2n) is 10.6. The Morgan fingerprint density at radius 2 is 1.73 bits per heavy atom. The standard InChI is InChI=1S/C26H23F9N6O3/c27-16-9-40(23(43)12-3-5-24(28,29)6-4-12)10-17(16)39-22(42)14-7-13(1-2-19(14)44-26(33,34)35)18-8-15(25(30,31)32)20-21(36)37-11-38-41(18)20/h1-2,7-8,11-12,16-17H,3-6,9-10H2,(H,39,42)(H2,36,37,38)/t16-,17+/m0/s1. The van der Waals surface area contributed by atoms with Crippen LogP contribution in [0.3, 0.4) is 0 Å². The number of aromatic nitrogens is 3. The lowest BCUT2D eigenvalue weighted by Gasteiger charge is -2.30. The van der Waals surface area contributed by atoms with Crippen molar-refractivity contribution in [2.24, 2.45) is 5.92 Å². The largest absolute Gasteiger partial charge is 0.573 e. The van der Waals surface area contributed by atoms with E-state index in [2.05, 4.69) is 20.1 Å². The number of hydrogen-bond acceptors (Lipinski definition) is 6. The molecule has 1 saturated heterocycles. The second kappa shape index (κ2) is 11.0. The highest BCUT2D eigenvalue weighted by atomic mass is 19.4. The monoisotopic (exact) mass is 638 g/mol. The van der Waals surface area contributed by atoms with E-state index in [0.29, 0.717) is 12.1 Å². The molecule has 1 aliphatic heterocycles. The highest BCUT2D eigenvalue weighted by molar-refractivity contribution is 5.98. The molecule has 0 bridgehead atoms. The fraction of sp³-hybridized carbons (Fsp3) is 0.462. The van der Waals surface area contributed by atoms with Crippen molar-refractivity contribution in [3.8, 4) is 17.0 Å². The molecule has 44 heavy (non-hydrogen) atoms. The van der Waals surface area contributed by atoms with E-state index in [9.17, 15) is 49.1 Å². The summed E-state index contributed by atoms with van der Waals surface area (Å²) in [7, 11) is 0. The van der Waals surface area contributed by atoms with Gasteiger partial charge in [-0.3, -0.25) is 9.59 Å². The number of amides is 2. The van der Waals surface area contributed by atoms with Gasteiger partial charge in [-0.25, -0.2) is 22.7 Å². The van der Waals surface area contributed by atoms with Gasteiger partial charge in [0.1, 0.15) is 23.8 Å². The van der Waals surface area contributed by atoms with Crippen molar-refractivity contribution in [3.05, 3.63) is 41.7 Å². The predicted molar refractivity (Wildman–Crippen MR) is 134 cm³/mol. The van der Waals surface area contributed by atoms with Crippen molar-refractivity contribution in [2.75, 3.05) is 18.8 Å². The lowest BCUT2D eigenvalue weighted by Crippen LogP contribution is -2.43. The number of nitrogens with two attached hydrogens (primary N) is 1. The molecule has 2 atom stereocenters. The molecule has 0 radical (unpaired) electrons. The third-order valence-electron chi connectivity index (χ3n) is 7.58. The predicted octanol–water partition coefficient (Wildman–Crippen LogP) is 5.00. The summed E-state index contributed by atoms with van der Waals surface area (Å²) in [6, 6.07) is 1.70. The average molecular weight is 638 g/mol. The molecule has 3 heterocycles. The van der Waals surface area contributed by atoms with Gasteiger partial charge in [0.2, 0.25) is 11.8 Å². The average Bonchev–Trinajstić information content (AvgIpc) is 3.49. The molecule has 1 aromatic carbocycles. The molecule has 0 unspecified atom stereocenters. The number of benzene rings is 1. The molecule has 2 aliphatic rings. The lowest BCUT2D eigenvalue weighted by molar-refractivity contribution is -0.274. The van der Waals surface area contributed by atoms with Gasteiger partial charge in [0, 0.05) is 30.9 Å². The maximum absolute atomic E-state index is 14.9. The normalized spacial score (nSPS) is 21.1. The molecule has 3 N–H and O–H groups in total. The van der Waals surface area contributed by atoms with Crippen LogP contribution in [0, 0.1) is 5.92 Å². The molecule has 1 saturated carbocycles. The molecule has 9 nitrogen and oxygen atoms in total. The number of ether oxygens (including phenoxy) is 1. The van der Waals surface area contributed by atoms with Crippen LogP contribution in [0.2, 0.25) is 0 Å². The summed E-state index contributed by atoms with van der Waals surface area (Å²) in [5.74, 6) is -7.09. The van der Waals surface area contributed by atoms with Gasteiger partial charge in [-0.2, -0.15) is 18.3 Å². The van der Waals surface area contributed by atoms with E-state index >= 15 is 0 Å². The molecule has 18 heteroatoms. The fourth-order valence-corrected chi connectivity index (χ4v) is 5.44. The van der Waals surface area contributed by atoms with Crippen LogP contribution in [0.4, 0.5) is 45.3 Å². The molecular formula is C26H23F9N6O3. The number of carbonyl (C=O) groups excluding carboxylic acids is 2. The van der Waals surface area contributed by atoms with E-state index in [1.165, 1.54) is 0 Å². The Balaban J connectivity index is 1.43. The zero-order valence-corrected chi connectivity index (χ0v) is 22.4. The third-order valence-corrected chi connectivity index (χ3v) is 7.58. The topological polar surface area (TPSA) is 115 Å². The molecule has 3 aromatic rings. The van der Waals surface area contributed by atoms with E-state index in [1.54, 1.807) is 0 Å². The first-order valence-corrected chi connectivity index (χ1v) is 13.1. The Morgan fingerprint density at radius 3 is 2.36 bits per heavy atom. The van der Waals surface area contributed by atoms with Gasteiger partial charge < -0.3 is 20.7 Å². The third kappa shape index (κ3) is 6.33. The van der Waals surface area contributed by atoms with Crippen LogP contribution in [0.25, 0.3) is 16.8 Å². The number of carbonyl (C=O) groups is 2. The van der Waals surface area contributed by atoms with Crippen molar-refractivity contribution >= 4 is 23.1 Å². The number of likely N-dealkylation sites (tertiary alicyclic amines) is 1. The molecule has 238 valence electrons. The summed E-state index contributed by atoms with van der Waals surface area (Å²) in [4.78, 5) is 30.7. The van der Waals surface area contributed by atoms with Gasteiger partial charge >= 0.3 is 12.5 Å². The van der Waals surface area contributed by atoms with Gasteiger partial charge in [-0.05, 0) is 37.1 Å². The highest BCUT2D eigenvalue weighted by Gasteiger charge is 2.43. The Bertz CT molecular complexity index is 1580. The summed E-state index contributed by atoms with van der Waals surface area (Å²) in [5, 5.41) is 5.98. The summed E-state index contributed by atoms with van der Waals surface area (Å²) in [5.41, 5.74) is 2.43. The van der Waals surface area contributed by atoms with E-state index < -0.39 is 96.0 Å². The SMILES string of the molecule is Nc1ncnn2c(-c3ccc(OC(F)(F)F)c(C(=O)N[C@@H]4CN(C(=O)C5CCC(F)(F)CC5)C[C@@H]4F)c3)cc(C(F)(F)F)c12. The zero-order valence-electron chi connectivity index (χ0n) is 22.4. The lowest BCUT2D eigenvalue weighted by atomic mass is 9.86. The van der Waals surface area contributed by atoms with Crippen molar-refractivity contribution in [2.45, 2.75) is 56.4 Å². The van der Waals surface area contributed by atoms with Crippen LogP contribution in [0.1, 0.15) is 41.6 Å². The van der Waals surface area contributed by atoms with Crippen LogP contribution in [-0.4, -0.2) is 68.9 Å². The molecule has 1 aliphatic carbocycles. The number of halogens is 9. The maximum atomic E-state index is 14.9. The maximum Gasteiger partial charge on any atom is 0.573 e. The number of anilines is 1. The minimum Gasteiger partial charge on any atom is -0.405 e. The van der Waals surface area contributed by atoms with Crippen molar-refractivity contribution in [1.29, 1.82) is 0 Å². The Kier molecular flexibility index (Phi) is 7.82. The van der Waals surface area contributed by atoms with Crippen LogP contribution >= 0.6 is 0 Å². The van der Waals surface area contributed by atoms with E-state index in [-0.39, 0.29) is 30.6 Å². The Morgan fingerprint density at radius 1 is 1.05 bits per heavy atom. The van der Waals surface area contributed by atoms with Gasteiger partial charge in [0.15, 0.2) is 5.82 Å². The zero-order chi connectivity index (χ0) is 32.2. The number of fused-ring (bicyclic) bond motifs is 1. The van der Waals surface area contributed by atoms with Crippen LogP contribution in [0.15, 0.2) is 30.6 Å². The van der Waals surface area contributed by atoms with Gasteiger partial charge in [-0.1, -0.05) is 0 Å². The number of nitrogen functional groups attached to an aromatic ring is 1. The summed E-state index contributed by atoms with van der Waals surface area (Å²) < 4.78 is 127. The second-order valence-corrected chi connectivity index (χ2v) is 10.6. The number of rotatable bonds is 5. The van der Waals surface area contributed by atoms with E-state index in [0.717, 1.165) is 27.9 Å². The Labute approximate surface area is 242 Å². The number of nitrogens with one attached hydrogen (secondary N) is 1. The molecule has 2 aromatic heterocycles. The first-order chi connectivity index (χ1) is 20.4. The summed E-state index contributed by atoms with van der Waals surface area (Å²) in [6.45, 7) is -0.873. The summed E-state index contributed by atoms with van der Waals surface area (Å²) in [6.07, 6.45) is -12.4. The highest BCUT2D eigenvalue weighted by Crippen LogP contribution is 2.40. The van der Waals surface area contributed by atoms with Crippen LogP contribution < -0.4 is 15.8 Å². The van der Waals surface area contributed by atoms with Crippen molar-refractivity contribution in [1.82, 2.24) is 24.8 Å². The van der Waals surface area contributed by atoms with Crippen molar-refractivity contribution < 1.29 is 53.8 Å². The Hall–Kier alpha value is -4.25. The molecule has 2 fully saturated rings. The molecule has 0 spiro atoms. The van der Waals surface area contributed by atoms with Gasteiger partial charge in [0.05, 0.1) is 29.4 Å². The molecule has 5 rings (SSSR count). The number of nitrogens with zero attached hydrogens (tertiary/aromatic N) is 4. The number of alkyl halides is 9. The van der Waals surface area contributed by atoms with Crippen LogP contribution in [0.5, 0.6) is 5.75 Å². The van der Waals surface area contributed by atoms with Gasteiger partial charge in [0.25, 0.3) is 5.91 Å². The first kappa shape index (κ1) is 31.2. The minimum atomic E-state index is -5.28. The number of hydrogen-bond donors (Lipinski definition) is 2. The molecule has 2 amide bonds. The first-order valence-electron chi connectivity index (χ1n) is 13.1. The molecular weight excluding hydrogens is 615 g/mol. The van der Waals surface area contributed by atoms with Crippen LogP contribution in [-0.2, 0) is 11.0 Å². The summed E-state index contributed by atoms with van der Waals surface area (Å²) >= 11 is 0. The fourth-order valence-electron chi connectivity index (χ4n) is 5.44.